The summed E-state index contributed by atoms with van der Waals surface area (Å²) in [6.45, 7) is 3.41. The van der Waals surface area contributed by atoms with Gasteiger partial charge in [0.2, 0.25) is 5.95 Å². The summed E-state index contributed by atoms with van der Waals surface area (Å²) in [5, 5.41) is 14.2. The molecule has 2 aromatic rings. The van der Waals surface area contributed by atoms with Crippen LogP contribution in [0, 0.1) is 6.92 Å². The van der Waals surface area contributed by atoms with E-state index < -0.39 is 0 Å². The van der Waals surface area contributed by atoms with Gasteiger partial charge in [-0.3, -0.25) is 9.48 Å². The summed E-state index contributed by atoms with van der Waals surface area (Å²) >= 11 is 0. The lowest BCUT2D eigenvalue weighted by molar-refractivity contribution is 0.0643. The predicted octanol–water partition coefficient (Wildman–Crippen LogP) is 1.38. The first-order chi connectivity index (χ1) is 13.5. The van der Waals surface area contributed by atoms with Gasteiger partial charge in [0.25, 0.3) is 5.91 Å². The van der Waals surface area contributed by atoms with Crippen LogP contribution in [0.4, 0.5) is 5.95 Å². The van der Waals surface area contributed by atoms with Gasteiger partial charge in [-0.15, -0.1) is 0 Å². The van der Waals surface area contributed by atoms with Crippen LogP contribution < -0.4 is 4.90 Å². The van der Waals surface area contributed by atoms with E-state index in [-0.39, 0.29) is 24.1 Å². The summed E-state index contributed by atoms with van der Waals surface area (Å²) in [4.78, 5) is 26.8. The van der Waals surface area contributed by atoms with Crippen molar-refractivity contribution in [3.63, 3.8) is 0 Å². The summed E-state index contributed by atoms with van der Waals surface area (Å²) < 4.78 is 1.75. The second-order valence-corrected chi connectivity index (χ2v) is 8.24. The van der Waals surface area contributed by atoms with E-state index in [2.05, 4.69) is 15.0 Å². The van der Waals surface area contributed by atoms with Crippen LogP contribution in [-0.4, -0.2) is 60.9 Å². The number of rotatable bonds is 2. The molecule has 28 heavy (non-hydrogen) atoms. The summed E-state index contributed by atoms with van der Waals surface area (Å²) in [5.74, 6) is 0.770. The summed E-state index contributed by atoms with van der Waals surface area (Å²) in [6, 6.07) is 0.223. The van der Waals surface area contributed by atoms with Crippen LogP contribution in [0.25, 0.3) is 0 Å². The maximum absolute atomic E-state index is 13.3. The molecule has 8 nitrogen and oxygen atoms in total. The molecule has 0 unspecified atom stereocenters. The number of hydrogen-bond donors (Lipinski definition) is 1. The van der Waals surface area contributed by atoms with Crippen LogP contribution in [0.15, 0.2) is 12.4 Å². The number of carbonyl (C=O) groups excluding carboxylic acids is 1. The monoisotopic (exact) mass is 382 g/mol. The highest BCUT2D eigenvalue weighted by molar-refractivity contribution is 5.96. The van der Waals surface area contributed by atoms with Crippen LogP contribution >= 0.6 is 0 Å². The number of carbonyl (C=O) groups is 1. The highest BCUT2D eigenvalue weighted by atomic mass is 16.3. The Morgan fingerprint density at radius 1 is 1.25 bits per heavy atom. The molecule has 5 rings (SSSR count). The average Bonchev–Trinajstić information content (AvgIpc) is 3.19. The molecule has 0 radical (unpaired) electrons. The van der Waals surface area contributed by atoms with E-state index in [9.17, 15) is 9.90 Å². The molecule has 0 spiro atoms. The fourth-order valence-corrected chi connectivity index (χ4v) is 4.91. The molecule has 3 aliphatic heterocycles. The second kappa shape index (κ2) is 6.55. The minimum Gasteiger partial charge on any atom is -0.391 e. The van der Waals surface area contributed by atoms with Gasteiger partial charge in [0, 0.05) is 50.1 Å². The normalized spacial score (nSPS) is 26.5. The number of hydrogen-bond acceptors (Lipinski definition) is 6. The molecule has 2 aromatic heterocycles. The lowest BCUT2D eigenvalue weighted by Crippen LogP contribution is -2.43. The zero-order chi connectivity index (χ0) is 19.4. The molecule has 2 fully saturated rings. The largest absolute Gasteiger partial charge is 0.391 e. The Morgan fingerprint density at radius 3 is 2.86 bits per heavy atom. The molecule has 0 saturated carbocycles. The lowest BCUT2D eigenvalue weighted by Gasteiger charge is -2.36. The number of anilines is 1. The van der Waals surface area contributed by atoms with E-state index in [1.54, 1.807) is 10.9 Å². The van der Waals surface area contributed by atoms with E-state index in [0.717, 1.165) is 55.6 Å². The summed E-state index contributed by atoms with van der Waals surface area (Å²) in [5.41, 5.74) is 3.71. The molecule has 1 N–H and O–H groups in total. The lowest BCUT2D eigenvalue weighted by atomic mass is 9.98. The first-order valence-electron chi connectivity index (χ1n) is 10.1. The van der Waals surface area contributed by atoms with Crippen molar-refractivity contribution in [1.29, 1.82) is 0 Å². The van der Waals surface area contributed by atoms with E-state index in [0.29, 0.717) is 18.1 Å². The van der Waals surface area contributed by atoms with E-state index >= 15 is 0 Å². The maximum Gasteiger partial charge on any atom is 0.258 e. The molecule has 5 heterocycles. The Balaban J connectivity index is 1.44. The van der Waals surface area contributed by atoms with Crippen molar-refractivity contribution in [2.24, 2.45) is 7.05 Å². The first kappa shape index (κ1) is 17.6. The average molecular weight is 382 g/mol. The van der Waals surface area contributed by atoms with Crippen LogP contribution in [0.1, 0.15) is 59.0 Å². The Labute approximate surface area is 164 Å². The zero-order valence-electron chi connectivity index (χ0n) is 16.4. The zero-order valence-corrected chi connectivity index (χ0v) is 16.4. The van der Waals surface area contributed by atoms with Crippen molar-refractivity contribution >= 4 is 11.9 Å². The highest BCUT2D eigenvalue weighted by Gasteiger charge is 2.44. The molecule has 2 bridgehead atoms. The van der Waals surface area contributed by atoms with E-state index in [4.69, 9.17) is 4.98 Å². The van der Waals surface area contributed by atoms with Crippen molar-refractivity contribution in [3.05, 3.63) is 34.9 Å². The Morgan fingerprint density at radius 2 is 2.11 bits per heavy atom. The van der Waals surface area contributed by atoms with Gasteiger partial charge in [-0.2, -0.15) is 5.10 Å². The van der Waals surface area contributed by atoms with Gasteiger partial charge in [0.1, 0.15) is 0 Å². The molecule has 2 saturated heterocycles. The van der Waals surface area contributed by atoms with Crippen molar-refractivity contribution in [2.45, 2.75) is 57.2 Å². The number of aliphatic hydroxyl groups excluding tert-OH is 1. The first-order valence-corrected chi connectivity index (χ1v) is 10.1. The minimum absolute atomic E-state index is 0.0434. The van der Waals surface area contributed by atoms with Gasteiger partial charge in [-0.05, 0) is 32.6 Å². The number of β-amino-alcohol motifs (C(OH)–C–C–N with tert-alkyl or cyclic N) is 1. The fraction of sp³-hybridized carbons (Fsp3) is 0.600. The third-order valence-electron chi connectivity index (χ3n) is 6.56. The van der Waals surface area contributed by atoms with Gasteiger partial charge in [-0.25, -0.2) is 9.97 Å². The maximum atomic E-state index is 13.3. The van der Waals surface area contributed by atoms with Gasteiger partial charge in [0.05, 0.1) is 29.6 Å². The Bertz CT molecular complexity index is 925. The van der Waals surface area contributed by atoms with Crippen molar-refractivity contribution in [1.82, 2.24) is 24.6 Å². The van der Waals surface area contributed by atoms with Crippen molar-refractivity contribution in [3.8, 4) is 0 Å². The quantitative estimate of drug-likeness (QED) is 0.844. The van der Waals surface area contributed by atoms with Crippen molar-refractivity contribution in [2.75, 3.05) is 18.0 Å². The molecular formula is C20H26N6O2. The second-order valence-electron chi connectivity index (χ2n) is 8.24. The highest BCUT2D eigenvalue weighted by Crippen LogP contribution is 2.44. The third-order valence-corrected chi connectivity index (χ3v) is 6.56. The van der Waals surface area contributed by atoms with Gasteiger partial charge >= 0.3 is 0 Å². The Hall–Kier alpha value is -2.48. The van der Waals surface area contributed by atoms with Gasteiger partial charge in [0.15, 0.2) is 0 Å². The number of aryl methyl sites for hydroxylation is 1. The van der Waals surface area contributed by atoms with Crippen LogP contribution in [0.2, 0.25) is 0 Å². The molecule has 8 heteroatoms. The Kier molecular flexibility index (Phi) is 4.12. The third kappa shape index (κ3) is 2.70. The number of amides is 1. The molecule has 0 aliphatic carbocycles. The summed E-state index contributed by atoms with van der Waals surface area (Å²) in [6.07, 6.45) is 7.78. The number of aromatic nitrogens is 4. The molecule has 1 amide bonds. The van der Waals surface area contributed by atoms with Crippen LogP contribution in [-0.2, 0) is 13.5 Å². The number of fused-ring (bicyclic) bond motifs is 4. The molecule has 0 aromatic carbocycles. The van der Waals surface area contributed by atoms with Gasteiger partial charge in [-0.1, -0.05) is 0 Å². The molecular weight excluding hydrogens is 356 g/mol. The molecule has 3 atom stereocenters. The summed E-state index contributed by atoms with van der Waals surface area (Å²) in [7, 11) is 1.86. The topological polar surface area (TPSA) is 87.4 Å². The van der Waals surface area contributed by atoms with E-state index in [1.807, 2.05) is 25.1 Å². The standard InChI is InChI=1S/C20H26N6O2/c1-12-15(10-22-24(12)2)19(28)26-13-5-6-18(26)16-9-21-20(23-17(16)8-13)25-7-3-4-14(27)11-25/h9-10,13-14,18,27H,3-8,11H2,1-2H3/t13-,14-,18-/m0/s1. The SMILES string of the molecule is Cc1c(C(=O)N2[C@H]3CC[C@H]2c2cnc(N4CCC[C@H](O)C4)nc2C3)cnn1C. The molecule has 148 valence electrons. The smallest absolute Gasteiger partial charge is 0.258 e. The van der Waals surface area contributed by atoms with Crippen LogP contribution in [0.5, 0.6) is 0 Å². The number of aliphatic hydroxyl groups is 1. The van der Waals surface area contributed by atoms with Crippen molar-refractivity contribution < 1.29 is 9.90 Å². The molecule has 3 aliphatic rings. The predicted molar refractivity (Wildman–Crippen MR) is 103 cm³/mol. The van der Waals surface area contributed by atoms with Crippen LogP contribution in [0.3, 0.4) is 0 Å². The van der Waals surface area contributed by atoms with E-state index in [1.165, 1.54) is 0 Å². The number of nitrogens with zero attached hydrogens (tertiary/aromatic N) is 6. The number of piperidine rings is 1. The fourth-order valence-electron chi connectivity index (χ4n) is 4.91. The van der Waals surface area contributed by atoms with Gasteiger partial charge < -0.3 is 14.9 Å². The minimum atomic E-state index is -0.305.